The average molecular weight is 698 g/mol. The number of aliphatic hydroxyl groups excluding tert-OH is 2. The van der Waals surface area contributed by atoms with Crippen LogP contribution in [0.5, 0.6) is 0 Å². The minimum atomic E-state index is -0.892. The van der Waals surface area contributed by atoms with Gasteiger partial charge in [-0.3, -0.25) is 19.2 Å². The Hall–Kier alpha value is -3.92. The number of likely N-dealkylation sites (tertiary alicyclic amines) is 2. The van der Waals surface area contributed by atoms with Crippen LogP contribution in [0.4, 0.5) is 0 Å². The molecule has 4 amide bonds. The monoisotopic (exact) mass is 697 g/mol. The number of hydrogen-bond acceptors (Lipinski definition) is 9. The molecule has 2 saturated heterocycles. The minimum absolute atomic E-state index is 0.0129. The Labute approximate surface area is 292 Å². The van der Waals surface area contributed by atoms with Crippen molar-refractivity contribution >= 4 is 23.6 Å². The summed E-state index contributed by atoms with van der Waals surface area (Å²) in [6, 6.07) is -3.10. The van der Waals surface area contributed by atoms with Gasteiger partial charge in [0.05, 0.1) is 23.6 Å². The quantitative estimate of drug-likeness (QED) is 0.251. The summed E-state index contributed by atoms with van der Waals surface area (Å²) in [5.74, 6) is -1.05. The van der Waals surface area contributed by atoms with E-state index in [1.165, 1.54) is 27.7 Å². The van der Waals surface area contributed by atoms with Crippen LogP contribution in [0, 0.1) is 10.8 Å². The molecule has 16 heteroatoms. The summed E-state index contributed by atoms with van der Waals surface area (Å²) in [4.78, 5) is 58.1. The number of carbonyl (C=O) groups is 4. The second kappa shape index (κ2) is 14.0. The van der Waals surface area contributed by atoms with Crippen molar-refractivity contribution in [3.8, 4) is 0 Å². The molecular formula is C34H53N10O6+. The maximum Gasteiger partial charge on any atom is 0.271 e. The first-order valence-electron chi connectivity index (χ1n) is 18.0. The molecule has 2 aliphatic heterocycles. The molecule has 4 N–H and O–H groups in total. The van der Waals surface area contributed by atoms with Gasteiger partial charge < -0.3 is 30.6 Å². The first-order valence-corrected chi connectivity index (χ1v) is 18.0. The number of nitrogens with zero attached hydrogens (tertiary/aromatic N) is 8. The van der Waals surface area contributed by atoms with Gasteiger partial charge in [0.25, 0.3) is 5.91 Å². The van der Waals surface area contributed by atoms with E-state index in [9.17, 15) is 29.4 Å². The third-order valence-corrected chi connectivity index (χ3v) is 11.1. The maximum absolute atomic E-state index is 14.5. The minimum Gasteiger partial charge on any atom is -0.391 e. The van der Waals surface area contributed by atoms with Crippen molar-refractivity contribution in [2.75, 3.05) is 20.1 Å². The molecule has 2 aromatic heterocycles. The van der Waals surface area contributed by atoms with Crippen LogP contribution in [0.3, 0.4) is 0 Å². The van der Waals surface area contributed by atoms with Crippen LogP contribution in [0.25, 0.3) is 0 Å². The molecule has 4 aliphatic rings. The number of aromatic nitrogens is 6. The highest BCUT2D eigenvalue weighted by molar-refractivity contribution is 5.90. The smallest absolute Gasteiger partial charge is 0.271 e. The molecule has 274 valence electrons. The second-order valence-corrected chi connectivity index (χ2v) is 16.1. The van der Waals surface area contributed by atoms with Crippen molar-refractivity contribution in [3.63, 3.8) is 0 Å². The normalized spacial score (nSPS) is 26.5. The van der Waals surface area contributed by atoms with Crippen LogP contribution in [0.15, 0.2) is 18.6 Å². The van der Waals surface area contributed by atoms with Crippen LogP contribution >= 0.6 is 0 Å². The van der Waals surface area contributed by atoms with E-state index in [1.807, 2.05) is 27.0 Å². The van der Waals surface area contributed by atoms with Crippen molar-refractivity contribution in [2.45, 2.75) is 134 Å². The highest BCUT2D eigenvalue weighted by Gasteiger charge is 2.52. The highest BCUT2D eigenvalue weighted by atomic mass is 16.3. The molecule has 0 radical (unpaired) electrons. The SMILES string of the molecule is CNC(=O)C1CC(O)CN1C(=O)[C@@H]([n+]1cc(C2CC2)n(CNC(=O)C2CC(O)CN2C(=O)[C@@H](n2ccnn2)C(C)(C)C)n1)C1(C)CCCCC1. The summed E-state index contributed by atoms with van der Waals surface area (Å²) in [6.45, 7) is 7.98. The lowest BCUT2D eigenvalue weighted by Crippen LogP contribution is -2.60. The number of aliphatic hydroxyl groups is 2. The molecule has 16 nitrogen and oxygen atoms in total. The zero-order valence-electron chi connectivity index (χ0n) is 29.9. The molecule has 2 aliphatic carbocycles. The molecule has 4 fully saturated rings. The van der Waals surface area contributed by atoms with Gasteiger partial charge in [0.15, 0.2) is 18.6 Å². The Morgan fingerprint density at radius 2 is 1.60 bits per heavy atom. The van der Waals surface area contributed by atoms with Gasteiger partial charge in [0.2, 0.25) is 23.8 Å². The fourth-order valence-corrected chi connectivity index (χ4v) is 8.31. The number of carbonyl (C=O) groups excluding carboxylic acids is 4. The predicted octanol–water partition coefficient (Wildman–Crippen LogP) is 0.182. The van der Waals surface area contributed by atoms with Gasteiger partial charge in [0, 0.05) is 50.5 Å². The van der Waals surface area contributed by atoms with E-state index in [4.69, 9.17) is 5.21 Å². The van der Waals surface area contributed by atoms with Crippen LogP contribution < -0.4 is 15.3 Å². The van der Waals surface area contributed by atoms with Gasteiger partial charge in [-0.1, -0.05) is 52.2 Å². The van der Waals surface area contributed by atoms with E-state index in [2.05, 4.69) is 27.9 Å². The summed E-state index contributed by atoms with van der Waals surface area (Å²) >= 11 is 0. The third kappa shape index (κ3) is 7.13. The second-order valence-electron chi connectivity index (χ2n) is 16.1. The summed E-state index contributed by atoms with van der Waals surface area (Å²) in [6.07, 6.45) is 10.3. The van der Waals surface area contributed by atoms with Crippen LogP contribution in [0.2, 0.25) is 0 Å². The number of nitrogens with one attached hydrogen (secondary N) is 2. The molecule has 0 aromatic carbocycles. The van der Waals surface area contributed by atoms with Gasteiger partial charge in [-0.2, -0.15) is 0 Å². The molecule has 0 spiro atoms. The summed E-state index contributed by atoms with van der Waals surface area (Å²) in [7, 11) is 1.53. The average Bonchev–Trinajstić information content (AvgIpc) is 3.40. The molecule has 0 bridgehead atoms. The van der Waals surface area contributed by atoms with Gasteiger partial charge in [-0.05, 0) is 31.1 Å². The third-order valence-electron chi connectivity index (χ3n) is 11.1. The Balaban J connectivity index is 1.25. The predicted molar refractivity (Wildman–Crippen MR) is 178 cm³/mol. The topological polar surface area (TPSA) is 192 Å². The standard InChI is InChI=1S/C34H52N10O6/c1-33(2,3)27(42-14-13-37-38-42)31(49)41-18-23(46)16-25(41)30(48)36-20-44-26(21-9-10-21)19-43(39-44)28(34(4)11-7-6-8-12-34)32(50)40-17-22(45)15-24(40)29(47)35-5/h13-14,19,21-25,27-28,45-46H,6-12,15-18,20H2,1-5H3,(H-,35,36,47,48)/p+1/t22?,23?,24?,25?,27-,28-/m1/s1. The van der Waals surface area contributed by atoms with Crippen molar-refractivity contribution in [3.05, 3.63) is 24.3 Å². The molecular weight excluding hydrogens is 644 g/mol. The molecule has 4 unspecified atom stereocenters. The molecule has 2 saturated carbocycles. The number of likely N-dealkylation sites (N-methyl/N-ethyl adjacent to an activating group) is 1. The fourth-order valence-electron chi connectivity index (χ4n) is 8.31. The summed E-state index contributed by atoms with van der Waals surface area (Å²) in [5, 5.41) is 39.6. The molecule has 2 aromatic rings. The Kier molecular flexibility index (Phi) is 10.1. The fraction of sp³-hybridized carbons (Fsp3) is 0.765. The molecule has 4 heterocycles. The Morgan fingerprint density at radius 3 is 2.16 bits per heavy atom. The van der Waals surface area contributed by atoms with Crippen molar-refractivity contribution in [1.29, 1.82) is 0 Å². The maximum atomic E-state index is 14.5. The zero-order valence-corrected chi connectivity index (χ0v) is 29.9. The van der Waals surface area contributed by atoms with E-state index < -0.39 is 53.1 Å². The van der Waals surface area contributed by atoms with E-state index in [-0.39, 0.29) is 56.2 Å². The van der Waals surface area contributed by atoms with Crippen LogP contribution in [0.1, 0.15) is 109 Å². The Bertz CT molecular complexity index is 1560. The van der Waals surface area contributed by atoms with E-state index in [0.717, 1.165) is 50.6 Å². The lowest BCUT2D eigenvalue weighted by Gasteiger charge is -2.39. The number of hydrogen-bond donors (Lipinski definition) is 4. The Morgan fingerprint density at radius 1 is 0.980 bits per heavy atom. The largest absolute Gasteiger partial charge is 0.391 e. The van der Waals surface area contributed by atoms with Gasteiger partial charge in [-0.25, -0.2) is 4.68 Å². The van der Waals surface area contributed by atoms with Crippen LogP contribution in [-0.2, 0) is 25.8 Å². The first kappa shape index (κ1) is 35.9. The molecule has 6 atom stereocenters. The van der Waals surface area contributed by atoms with Gasteiger partial charge >= 0.3 is 0 Å². The van der Waals surface area contributed by atoms with E-state index >= 15 is 0 Å². The van der Waals surface area contributed by atoms with Gasteiger partial charge in [-0.15, -0.1) is 14.5 Å². The zero-order chi connectivity index (χ0) is 36.0. The molecule has 6 rings (SSSR count). The lowest BCUT2D eigenvalue weighted by atomic mass is 9.70. The van der Waals surface area contributed by atoms with Crippen molar-refractivity contribution in [2.24, 2.45) is 10.8 Å². The summed E-state index contributed by atoms with van der Waals surface area (Å²) in [5.41, 5.74) is -0.0823. The number of rotatable bonds is 10. The van der Waals surface area contributed by atoms with Gasteiger partial charge in [0.1, 0.15) is 18.1 Å². The van der Waals surface area contributed by atoms with Crippen LogP contribution in [-0.4, -0.2) is 113 Å². The van der Waals surface area contributed by atoms with Crippen molar-refractivity contribution < 1.29 is 34.1 Å². The van der Waals surface area contributed by atoms with E-state index in [0.29, 0.717) is 0 Å². The highest BCUT2D eigenvalue weighted by Crippen LogP contribution is 2.45. The van der Waals surface area contributed by atoms with Crippen molar-refractivity contribution in [1.82, 2.24) is 45.3 Å². The summed E-state index contributed by atoms with van der Waals surface area (Å²) < 4.78 is 4.94. The number of β-amino-alcohol motifs (C(OH)–C–C–N with tert-alkyl or cyclic N) is 2. The number of amides is 4. The van der Waals surface area contributed by atoms with E-state index in [1.54, 1.807) is 15.6 Å². The molecule has 50 heavy (non-hydrogen) atoms. The first-order chi connectivity index (χ1) is 23.7. The lowest BCUT2D eigenvalue weighted by molar-refractivity contribution is -0.778.